The third-order valence-corrected chi connectivity index (χ3v) is 22.8. The minimum atomic E-state index is -4.97. The molecule has 0 aliphatic rings. The fourth-order valence-corrected chi connectivity index (χ4v) is 14.9. The molecular formula is C86H168O17P2. The lowest BCUT2D eigenvalue weighted by atomic mass is 9.99. The lowest BCUT2D eigenvalue weighted by Gasteiger charge is -2.21. The van der Waals surface area contributed by atoms with E-state index < -0.39 is 97.5 Å². The van der Waals surface area contributed by atoms with E-state index in [4.69, 9.17) is 37.0 Å². The van der Waals surface area contributed by atoms with Crippen LogP contribution in [0.4, 0.5) is 0 Å². The highest BCUT2D eigenvalue weighted by Gasteiger charge is 2.30. The Labute approximate surface area is 645 Å². The zero-order valence-corrected chi connectivity index (χ0v) is 71.0. The summed E-state index contributed by atoms with van der Waals surface area (Å²) >= 11 is 0. The average Bonchev–Trinajstić information content (AvgIpc) is 0.946. The van der Waals surface area contributed by atoms with E-state index in [0.29, 0.717) is 25.7 Å². The smallest absolute Gasteiger partial charge is 0.462 e. The number of carbonyl (C=O) groups is 4. The Morgan fingerprint density at radius 2 is 0.486 bits per heavy atom. The van der Waals surface area contributed by atoms with Gasteiger partial charge in [0.15, 0.2) is 12.2 Å². The summed E-state index contributed by atoms with van der Waals surface area (Å²) in [7, 11) is -9.93. The molecule has 17 nitrogen and oxygen atoms in total. The average molecular weight is 1540 g/mol. The van der Waals surface area contributed by atoms with E-state index in [1.54, 1.807) is 0 Å². The van der Waals surface area contributed by atoms with Gasteiger partial charge in [-0.2, -0.15) is 0 Å². The number of aliphatic hydroxyl groups is 1. The SMILES string of the molecule is CCCCCCCCCCCCCCCCCCCCCC(=O)OC[C@H](COP(=O)(O)OC[C@@H](O)COP(=O)(O)OC[C@@H](COC(=O)CCCCCCCCCCC(C)CC)OC(=O)CCCCCCCCCCCC(C)C)OC(=O)CCCCCCCCCCCCCCCCCCCCC(C)CC. The standard InChI is InChI=1S/C86H168O17P2/c1-8-11-12-13-14-15-16-17-18-19-20-24-27-30-33-38-46-53-60-67-83(88)96-73-81(102-85(90)69-62-55-48-39-34-31-28-25-22-21-23-26-29-32-37-44-51-58-65-78(6)9-2)75-100-104(92,93)98-71-80(87)72-99-105(94,95)101-76-82(103-86(91)70-63-56-49-40-35-36-43-50-57-64-77(4)5)74-97-84(89)68-61-54-47-42-41-45-52-59-66-79(7)10-3/h77-82,87H,8-76H2,1-7H3,(H,92,93)(H,94,95)/t78?,79?,80-,81-,82-/m1/s1. The number of rotatable bonds is 84. The van der Waals surface area contributed by atoms with Crippen molar-refractivity contribution in [1.29, 1.82) is 0 Å². The largest absolute Gasteiger partial charge is 0.472 e. The van der Waals surface area contributed by atoms with Gasteiger partial charge in [0.05, 0.1) is 26.4 Å². The van der Waals surface area contributed by atoms with E-state index in [0.717, 1.165) is 108 Å². The van der Waals surface area contributed by atoms with Gasteiger partial charge in [-0.05, 0) is 43.4 Å². The van der Waals surface area contributed by atoms with Crippen LogP contribution < -0.4 is 0 Å². The Bertz CT molecular complexity index is 2030. The van der Waals surface area contributed by atoms with Crippen LogP contribution in [-0.2, 0) is 65.4 Å². The van der Waals surface area contributed by atoms with Crippen molar-refractivity contribution in [3.63, 3.8) is 0 Å². The van der Waals surface area contributed by atoms with E-state index in [9.17, 15) is 43.2 Å². The molecule has 7 atom stereocenters. The van der Waals surface area contributed by atoms with Crippen LogP contribution in [0.3, 0.4) is 0 Å². The maximum atomic E-state index is 13.1. The van der Waals surface area contributed by atoms with Crippen molar-refractivity contribution in [2.24, 2.45) is 17.8 Å². The molecular weight excluding hydrogens is 1370 g/mol. The molecule has 0 heterocycles. The second-order valence-corrected chi connectivity index (χ2v) is 34.8. The summed E-state index contributed by atoms with van der Waals surface area (Å²) in [6, 6.07) is 0. The van der Waals surface area contributed by atoms with Crippen LogP contribution in [0.1, 0.15) is 453 Å². The molecule has 0 fully saturated rings. The molecule has 0 aliphatic heterocycles. The van der Waals surface area contributed by atoms with Gasteiger partial charge in [0.25, 0.3) is 0 Å². The lowest BCUT2D eigenvalue weighted by molar-refractivity contribution is -0.161. The van der Waals surface area contributed by atoms with Crippen molar-refractivity contribution >= 4 is 39.5 Å². The maximum absolute atomic E-state index is 13.1. The molecule has 0 amide bonds. The molecule has 0 aromatic rings. The number of carbonyl (C=O) groups excluding carboxylic acids is 4. The zero-order valence-electron chi connectivity index (χ0n) is 69.2. The maximum Gasteiger partial charge on any atom is 0.472 e. The summed E-state index contributed by atoms with van der Waals surface area (Å²) < 4.78 is 68.9. The van der Waals surface area contributed by atoms with Gasteiger partial charge >= 0.3 is 39.5 Å². The molecule has 105 heavy (non-hydrogen) atoms. The van der Waals surface area contributed by atoms with Crippen LogP contribution in [-0.4, -0.2) is 96.7 Å². The van der Waals surface area contributed by atoms with Crippen LogP contribution in [0, 0.1) is 17.8 Å². The normalized spacial score (nSPS) is 14.4. The van der Waals surface area contributed by atoms with Crippen LogP contribution in [0.15, 0.2) is 0 Å². The molecule has 19 heteroatoms. The van der Waals surface area contributed by atoms with E-state index in [1.165, 1.54) is 263 Å². The van der Waals surface area contributed by atoms with Crippen LogP contribution in [0.2, 0.25) is 0 Å². The Hall–Kier alpha value is -1.94. The Morgan fingerprint density at radius 3 is 0.724 bits per heavy atom. The highest BCUT2D eigenvalue weighted by Crippen LogP contribution is 2.45. The number of hydrogen-bond acceptors (Lipinski definition) is 15. The van der Waals surface area contributed by atoms with Crippen LogP contribution in [0.5, 0.6) is 0 Å². The molecule has 0 aromatic carbocycles. The van der Waals surface area contributed by atoms with E-state index in [1.807, 2.05) is 0 Å². The second kappa shape index (κ2) is 76.1. The van der Waals surface area contributed by atoms with Crippen LogP contribution >= 0.6 is 15.6 Å². The van der Waals surface area contributed by atoms with Gasteiger partial charge in [0, 0.05) is 25.7 Å². The van der Waals surface area contributed by atoms with Crippen molar-refractivity contribution in [2.45, 2.75) is 471 Å². The molecule has 0 rings (SSSR count). The molecule has 0 aromatic heterocycles. The molecule has 0 spiro atoms. The number of esters is 4. The molecule has 0 saturated heterocycles. The van der Waals surface area contributed by atoms with Crippen molar-refractivity contribution in [2.75, 3.05) is 39.6 Å². The number of ether oxygens (including phenoxy) is 4. The van der Waals surface area contributed by atoms with Gasteiger partial charge in [0.2, 0.25) is 0 Å². The third-order valence-electron chi connectivity index (χ3n) is 20.9. The first kappa shape index (κ1) is 103. The second-order valence-electron chi connectivity index (χ2n) is 31.9. The van der Waals surface area contributed by atoms with Crippen molar-refractivity contribution in [3.8, 4) is 0 Å². The first-order valence-corrected chi connectivity index (χ1v) is 47.4. The van der Waals surface area contributed by atoms with Crippen molar-refractivity contribution in [1.82, 2.24) is 0 Å². The van der Waals surface area contributed by atoms with Gasteiger partial charge in [0.1, 0.15) is 19.3 Å². The lowest BCUT2D eigenvalue weighted by Crippen LogP contribution is -2.30. The Balaban J connectivity index is 5.23. The zero-order chi connectivity index (χ0) is 77.2. The third kappa shape index (κ3) is 77.2. The predicted octanol–water partition coefficient (Wildman–Crippen LogP) is 26.1. The molecule has 0 bridgehead atoms. The van der Waals surface area contributed by atoms with Gasteiger partial charge < -0.3 is 33.8 Å². The quantitative estimate of drug-likeness (QED) is 0.0222. The Morgan fingerprint density at radius 1 is 0.276 bits per heavy atom. The summed E-state index contributed by atoms with van der Waals surface area (Å²) in [5.74, 6) is 0.278. The van der Waals surface area contributed by atoms with E-state index >= 15 is 0 Å². The fraction of sp³-hybridized carbons (Fsp3) is 0.953. The van der Waals surface area contributed by atoms with Crippen molar-refractivity contribution < 1.29 is 80.2 Å². The highest BCUT2D eigenvalue weighted by molar-refractivity contribution is 7.47. The minimum absolute atomic E-state index is 0.105. The molecule has 624 valence electrons. The minimum Gasteiger partial charge on any atom is -0.462 e. The first-order chi connectivity index (χ1) is 50.8. The first-order valence-electron chi connectivity index (χ1n) is 44.4. The van der Waals surface area contributed by atoms with Gasteiger partial charge in [-0.1, -0.05) is 402 Å². The van der Waals surface area contributed by atoms with Gasteiger partial charge in [-0.15, -0.1) is 0 Å². The molecule has 0 radical (unpaired) electrons. The molecule has 0 saturated carbocycles. The number of phosphoric acid groups is 2. The summed E-state index contributed by atoms with van der Waals surface area (Å²) in [5, 5.41) is 10.7. The van der Waals surface area contributed by atoms with Crippen molar-refractivity contribution in [3.05, 3.63) is 0 Å². The molecule has 0 aliphatic carbocycles. The summed E-state index contributed by atoms with van der Waals surface area (Å²) in [6.45, 7) is 12.0. The monoisotopic (exact) mass is 1540 g/mol. The topological polar surface area (TPSA) is 237 Å². The number of unbranched alkanes of at least 4 members (excludes halogenated alkanes) is 50. The summed E-state index contributed by atoms with van der Waals surface area (Å²) in [6.07, 6.45) is 66.7. The van der Waals surface area contributed by atoms with Crippen LogP contribution in [0.25, 0.3) is 0 Å². The summed E-state index contributed by atoms with van der Waals surface area (Å²) in [4.78, 5) is 73.2. The highest BCUT2D eigenvalue weighted by atomic mass is 31.2. The number of hydrogen-bond donors (Lipinski definition) is 3. The molecule has 4 unspecified atom stereocenters. The fourth-order valence-electron chi connectivity index (χ4n) is 13.3. The number of phosphoric ester groups is 2. The van der Waals surface area contributed by atoms with E-state index in [-0.39, 0.29) is 25.7 Å². The summed E-state index contributed by atoms with van der Waals surface area (Å²) in [5.41, 5.74) is 0. The van der Waals surface area contributed by atoms with E-state index in [2.05, 4.69) is 48.5 Å². The molecule has 3 N–H and O–H groups in total. The van der Waals surface area contributed by atoms with Gasteiger partial charge in [-0.3, -0.25) is 37.3 Å². The number of aliphatic hydroxyl groups excluding tert-OH is 1. The van der Waals surface area contributed by atoms with Gasteiger partial charge in [-0.25, -0.2) is 9.13 Å². The Kier molecular flexibility index (Phi) is 74.7. The predicted molar refractivity (Wildman–Crippen MR) is 432 cm³/mol.